The van der Waals surface area contributed by atoms with E-state index in [0.717, 1.165) is 11.1 Å². The Kier molecular flexibility index (Phi) is 6.53. The lowest BCUT2D eigenvalue weighted by atomic mass is 9.75. The van der Waals surface area contributed by atoms with Crippen LogP contribution < -0.4 is 5.56 Å². The maximum Gasteiger partial charge on any atom is 0.268 e. The standard InChI is InChI=1S/C28H30N2O4/c1-19-9-11-21(12-10-19)30-24-16-28(2,3)17-25(32)22(24)15-23(27(30)34)26(33)29(13-14-31)18-20-7-5-4-6-8-20/h4-12,15,31H,13-14,16-18H2,1-3H3. The molecule has 1 amide bonds. The van der Waals surface area contributed by atoms with Crippen molar-refractivity contribution in [1.29, 1.82) is 0 Å². The topological polar surface area (TPSA) is 79.6 Å². The highest BCUT2D eigenvalue weighted by Crippen LogP contribution is 2.35. The van der Waals surface area contributed by atoms with E-state index in [4.69, 9.17) is 0 Å². The minimum Gasteiger partial charge on any atom is -0.395 e. The molecule has 0 saturated carbocycles. The number of Topliss-reactive ketones (excluding diaryl/α,β-unsaturated/α-hetero) is 1. The van der Waals surface area contributed by atoms with Gasteiger partial charge in [-0.15, -0.1) is 0 Å². The lowest BCUT2D eigenvalue weighted by Gasteiger charge is -2.32. The molecule has 1 aromatic heterocycles. The summed E-state index contributed by atoms with van der Waals surface area (Å²) in [7, 11) is 0. The number of pyridine rings is 1. The van der Waals surface area contributed by atoms with Crippen LogP contribution in [0, 0.1) is 12.3 Å². The summed E-state index contributed by atoms with van der Waals surface area (Å²) in [5.74, 6) is -0.567. The molecule has 0 saturated heterocycles. The van der Waals surface area contributed by atoms with Gasteiger partial charge in [0.25, 0.3) is 11.5 Å². The van der Waals surface area contributed by atoms with E-state index in [1.165, 1.54) is 15.5 Å². The third-order valence-electron chi connectivity index (χ3n) is 6.28. The number of ketones is 1. The molecule has 6 heteroatoms. The van der Waals surface area contributed by atoms with Crippen molar-refractivity contribution in [2.24, 2.45) is 5.41 Å². The number of aliphatic hydroxyl groups excluding tert-OH is 1. The highest BCUT2D eigenvalue weighted by molar-refractivity contribution is 6.02. The fourth-order valence-electron chi connectivity index (χ4n) is 4.58. The number of nitrogens with zero attached hydrogens (tertiary/aromatic N) is 2. The van der Waals surface area contributed by atoms with E-state index in [1.54, 1.807) is 0 Å². The summed E-state index contributed by atoms with van der Waals surface area (Å²) < 4.78 is 1.53. The van der Waals surface area contributed by atoms with Gasteiger partial charge in [-0.1, -0.05) is 61.9 Å². The van der Waals surface area contributed by atoms with Crippen LogP contribution in [0.3, 0.4) is 0 Å². The van der Waals surface area contributed by atoms with Crippen LogP contribution in [0.15, 0.2) is 65.5 Å². The number of rotatable bonds is 6. The Bertz CT molecular complexity index is 1270. The Hall–Kier alpha value is -3.51. The average Bonchev–Trinajstić information content (AvgIpc) is 2.79. The SMILES string of the molecule is Cc1ccc(-n2c3c(cc(C(=O)N(CCO)Cc4ccccc4)c2=O)C(=O)CC(C)(C)C3)cc1. The van der Waals surface area contributed by atoms with Gasteiger partial charge < -0.3 is 10.0 Å². The lowest BCUT2D eigenvalue weighted by molar-refractivity contribution is 0.0705. The van der Waals surface area contributed by atoms with Crippen molar-refractivity contribution in [3.8, 4) is 5.69 Å². The third-order valence-corrected chi connectivity index (χ3v) is 6.28. The summed E-state index contributed by atoms with van der Waals surface area (Å²) in [6, 6.07) is 18.4. The molecule has 1 heterocycles. The molecule has 0 spiro atoms. The number of aromatic nitrogens is 1. The molecule has 1 aliphatic carbocycles. The van der Waals surface area contributed by atoms with E-state index in [1.807, 2.05) is 75.4 Å². The first-order chi connectivity index (χ1) is 16.2. The molecule has 2 aromatic carbocycles. The minimum absolute atomic E-state index is 0.0586. The quantitative estimate of drug-likeness (QED) is 0.607. The molecule has 0 unspecified atom stereocenters. The molecular formula is C28H30N2O4. The predicted molar refractivity (Wildman–Crippen MR) is 131 cm³/mol. The monoisotopic (exact) mass is 458 g/mol. The van der Waals surface area contributed by atoms with E-state index in [9.17, 15) is 19.5 Å². The number of carbonyl (C=O) groups excluding carboxylic acids is 2. The number of hydrogen-bond acceptors (Lipinski definition) is 4. The van der Waals surface area contributed by atoms with Crippen molar-refractivity contribution < 1.29 is 14.7 Å². The van der Waals surface area contributed by atoms with Crippen LogP contribution in [0.2, 0.25) is 0 Å². The first-order valence-corrected chi connectivity index (χ1v) is 11.5. The van der Waals surface area contributed by atoms with Crippen molar-refractivity contribution >= 4 is 11.7 Å². The van der Waals surface area contributed by atoms with Crippen LogP contribution >= 0.6 is 0 Å². The third kappa shape index (κ3) is 4.73. The van der Waals surface area contributed by atoms with Gasteiger partial charge >= 0.3 is 0 Å². The van der Waals surface area contributed by atoms with Crippen molar-refractivity contribution in [3.63, 3.8) is 0 Å². The van der Waals surface area contributed by atoms with Crippen LogP contribution in [-0.4, -0.2) is 39.4 Å². The van der Waals surface area contributed by atoms with Gasteiger partial charge in [-0.05, 0) is 42.5 Å². The van der Waals surface area contributed by atoms with Crippen LogP contribution in [0.5, 0.6) is 0 Å². The fourth-order valence-corrected chi connectivity index (χ4v) is 4.58. The minimum atomic E-state index is -0.496. The predicted octanol–water partition coefficient (Wildman–Crippen LogP) is 3.94. The van der Waals surface area contributed by atoms with Crippen LogP contribution in [0.25, 0.3) is 5.69 Å². The number of aryl methyl sites for hydroxylation is 1. The van der Waals surface area contributed by atoms with Crippen LogP contribution in [0.1, 0.15) is 57.8 Å². The number of amides is 1. The molecule has 0 radical (unpaired) electrons. The van der Waals surface area contributed by atoms with Gasteiger partial charge in [0, 0.05) is 36.5 Å². The van der Waals surface area contributed by atoms with Crippen LogP contribution in [0.4, 0.5) is 0 Å². The van der Waals surface area contributed by atoms with E-state index in [2.05, 4.69) is 0 Å². The van der Waals surface area contributed by atoms with Gasteiger partial charge in [0.1, 0.15) is 5.56 Å². The molecular weight excluding hydrogens is 428 g/mol. The smallest absolute Gasteiger partial charge is 0.268 e. The summed E-state index contributed by atoms with van der Waals surface area (Å²) in [4.78, 5) is 42.0. The highest BCUT2D eigenvalue weighted by Gasteiger charge is 2.35. The van der Waals surface area contributed by atoms with Crippen molar-refractivity contribution in [2.45, 2.75) is 40.2 Å². The Labute approximate surface area is 199 Å². The van der Waals surface area contributed by atoms with Gasteiger partial charge in [-0.2, -0.15) is 0 Å². The molecule has 0 fully saturated rings. The zero-order chi connectivity index (χ0) is 24.5. The number of fused-ring (bicyclic) bond motifs is 1. The Morgan fingerprint density at radius 2 is 1.71 bits per heavy atom. The average molecular weight is 459 g/mol. The molecule has 1 aliphatic rings. The van der Waals surface area contributed by atoms with Crippen LogP contribution in [-0.2, 0) is 13.0 Å². The molecule has 3 aromatic rings. The molecule has 4 rings (SSSR count). The second kappa shape index (κ2) is 9.39. The van der Waals surface area contributed by atoms with E-state index < -0.39 is 11.5 Å². The molecule has 0 atom stereocenters. The van der Waals surface area contributed by atoms with E-state index >= 15 is 0 Å². The number of benzene rings is 2. The van der Waals surface area contributed by atoms with E-state index in [-0.39, 0.29) is 36.5 Å². The summed E-state index contributed by atoms with van der Waals surface area (Å²) in [6.07, 6.45) is 0.903. The fraction of sp³-hybridized carbons (Fsp3) is 0.321. The zero-order valence-corrected chi connectivity index (χ0v) is 19.9. The summed E-state index contributed by atoms with van der Waals surface area (Å²) in [5, 5.41) is 9.60. The molecule has 0 aliphatic heterocycles. The highest BCUT2D eigenvalue weighted by atomic mass is 16.3. The Morgan fingerprint density at radius 1 is 1.03 bits per heavy atom. The Balaban J connectivity index is 1.88. The normalized spacial score (nSPS) is 14.5. The largest absolute Gasteiger partial charge is 0.395 e. The number of carbonyl (C=O) groups is 2. The zero-order valence-electron chi connectivity index (χ0n) is 19.9. The van der Waals surface area contributed by atoms with Gasteiger partial charge in [-0.25, -0.2) is 0 Å². The van der Waals surface area contributed by atoms with Gasteiger partial charge in [0.2, 0.25) is 0 Å². The molecule has 176 valence electrons. The second-order valence-corrected chi connectivity index (χ2v) is 9.77. The summed E-state index contributed by atoms with van der Waals surface area (Å²) in [5.41, 5.74) is 2.83. The van der Waals surface area contributed by atoms with E-state index in [0.29, 0.717) is 29.8 Å². The molecule has 6 nitrogen and oxygen atoms in total. The van der Waals surface area contributed by atoms with Gasteiger partial charge in [-0.3, -0.25) is 19.0 Å². The number of hydrogen-bond donors (Lipinski definition) is 1. The number of aliphatic hydroxyl groups is 1. The second-order valence-electron chi connectivity index (χ2n) is 9.77. The molecule has 0 bridgehead atoms. The lowest BCUT2D eigenvalue weighted by Crippen LogP contribution is -2.41. The summed E-state index contributed by atoms with van der Waals surface area (Å²) >= 11 is 0. The van der Waals surface area contributed by atoms with Crippen molar-refractivity contribution in [1.82, 2.24) is 9.47 Å². The maximum atomic E-state index is 13.8. The van der Waals surface area contributed by atoms with Crippen molar-refractivity contribution in [3.05, 3.63) is 99.0 Å². The maximum absolute atomic E-state index is 13.8. The van der Waals surface area contributed by atoms with Gasteiger partial charge in [0.15, 0.2) is 5.78 Å². The first-order valence-electron chi connectivity index (χ1n) is 11.5. The van der Waals surface area contributed by atoms with Gasteiger partial charge in [0.05, 0.1) is 6.61 Å². The molecule has 1 N–H and O–H groups in total. The molecule has 34 heavy (non-hydrogen) atoms. The summed E-state index contributed by atoms with van der Waals surface area (Å²) in [6.45, 7) is 6.09. The first kappa shape index (κ1) is 23.6. The van der Waals surface area contributed by atoms with Crippen molar-refractivity contribution in [2.75, 3.05) is 13.2 Å². The Morgan fingerprint density at radius 3 is 2.35 bits per heavy atom.